The first-order chi connectivity index (χ1) is 6.36. The van der Waals surface area contributed by atoms with E-state index in [0.717, 1.165) is 12.2 Å². The summed E-state index contributed by atoms with van der Waals surface area (Å²) in [5.74, 6) is 0.915. The highest BCUT2D eigenvalue weighted by Crippen LogP contribution is 2.13. The molecule has 0 aromatic heterocycles. The molecule has 0 bridgehead atoms. The molecule has 1 heteroatoms. The van der Waals surface area contributed by atoms with Crippen LogP contribution in [0.2, 0.25) is 0 Å². The fraction of sp³-hybridized carbons (Fsp3) is 0.333. The molecular formula is C12H16O. The van der Waals surface area contributed by atoms with Gasteiger partial charge < -0.3 is 4.74 Å². The Labute approximate surface area is 80.0 Å². The number of hydrogen-bond donors (Lipinski definition) is 0. The maximum absolute atomic E-state index is 5.13. The molecule has 70 valence electrons. The van der Waals surface area contributed by atoms with Crippen molar-refractivity contribution in [3.63, 3.8) is 0 Å². The molecular weight excluding hydrogens is 160 g/mol. The normalized spacial score (nSPS) is 10.6. The second-order valence-corrected chi connectivity index (χ2v) is 2.97. The maximum atomic E-state index is 5.13. The van der Waals surface area contributed by atoms with E-state index >= 15 is 0 Å². The third kappa shape index (κ3) is 3.32. The molecule has 0 N–H and O–H groups in total. The van der Waals surface area contributed by atoms with Crippen molar-refractivity contribution in [1.29, 1.82) is 0 Å². The standard InChI is InChI=1S/C12H16O/c1-3-4-5-7-11-8-6-9-12(10-11)13-2/h5-10H,3-4H2,1-2H3/b7-5-. The number of rotatable bonds is 4. The van der Waals surface area contributed by atoms with Crippen LogP contribution < -0.4 is 4.74 Å². The number of methoxy groups -OCH3 is 1. The van der Waals surface area contributed by atoms with Crippen LogP contribution in [0.4, 0.5) is 0 Å². The number of benzene rings is 1. The van der Waals surface area contributed by atoms with Crippen LogP contribution in [0.3, 0.4) is 0 Å². The first-order valence-corrected chi connectivity index (χ1v) is 4.67. The Balaban J connectivity index is 2.66. The van der Waals surface area contributed by atoms with E-state index in [1.807, 2.05) is 18.2 Å². The summed E-state index contributed by atoms with van der Waals surface area (Å²) >= 11 is 0. The highest BCUT2D eigenvalue weighted by molar-refractivity contribution is 5.51. The number of unbranched alkanes of at least 4 members (excludes halogenated alkanes) is 1. The van der Waals surface area contributed by atoms with E-state index in [1.54, 1.807) is 7.11 Å². The monoisotopic (exact) mass is 176 g/mol. The summed E-state index contributed by atoms with van der Waals surface area (Å²) in [6, 6.07) is 8.07. The molecule has 0 amide bonds. The summed E-state index contributed by atoms with van der Waals surface area (Å²) in [6.07, 6.45) is 6.65. The average molecular weight is 176 g/mol. The van der Waals surface area contributed by atoms with Crippen molar-refractivity contribution in [2.75, 3.05) is 7.11 Å². The highest BCUT2D eigenvalue weighted by atomic mass is 16.5. The van der Waals surface area contributed by atoms with Gasteiger partial charge in [0.1, 0.15) is 5.75 Å². The molecule has 1 nitrogen and oxygen atoms in total. The largest absolute Gasteiger partial charge is 0.497 e. The Hall–Kier alpha value is -1.24. The lowest BCUT2D eigenvalue weighted by molar-refractivity contribution is 0.414. The molecule has 0 aliphatic carbocycles. The Morgan fingerprint density at radius 2 is 2.23 bits per heavy atom. The predicted molar refractivity (Wildman–Crippen MR) is 56.9 cm³/mol. The summed E-state index contributed by atoms with van der Waals surface area (Å²) in [5, 5.41) is 0. The maximum Gasteiger partial charge on any atom is 0.119 e. The van der Waals surface area contributed by atoms with Crippen molar-refractivity contribution in [3.8, 4) is 5.75 Å². The van der Waals surface area contributed by atoms with Gasteiger partial charge in [0, 0.05) is 0 Å². The Bertz CT molecular complexity index is 276. The van der Waals surface area contributed by atoms with Crippen LogP contribution >= 0.6 is 0 Å². The SMILES string of the molecule is CCC/C=C\c1cccc(OC)c1. The van der Waals surface area contributed by atoms with Gasteiger partial charge in [0.25, 0.3) is 0 Å². The fourth-order valence-electron chi connectivity index (χ4n) is 1.13. The summed E-state index contributed by atoms with van der Waals surface area (Å²) < 4.78 is 5.13. The lowest BCUT2D eigenvalue weighted by atomic mass is 10.2. The van der Waals surface area contributed by atoms with Crippen LogP contribution in [0.15, 0.2) is 30.3 Å². The van der Waals surface area contributed by atoms with E-state index in [4.69, 9.17) is 4.74 Å². The number of ether oxygens (including phenoxy) is 1. The van der Waals surface area contributed by atoms with Crippen molar-refractivity contribution in [1.82, 2.24) is 0 Å². The van der Waals surface area contributed by atoms with Crippen LogP contribution in [-0.4, -0.2) is 7.11 Å². The zero-order valence-electron chi connectivity index (χ0n) is 8.29. The molecule has 0 saturated heterocycles. The molecule has 13 heavy (non-hydrogen) atoms. The molecule has 0 saturated carbocycles. The molecule has 1 aromatic carbocycles. The van der Waals surface area contributed by atoms with Crippen LogP contribution in [0.5, 0.6) is 5.75 Å². The zero-order valence-corrected chi connectivity index (χ0v) is 8.29. The van der Waals surface area contributed by atoms with Gasteiger partial charge in [-0.15, -0.1) is 0 Å². The van der Waals surface area contributed by atoms with Gasteiger partial charge in [0.05, 0.1) is 7.11 Å². The van der Waals surface area contributed by atoms with E-state index in [9.17, 15) is 0 Å². The molecule has 0 heterocycles. The first kappa shape index (κ1) is 9.85. The minimum Gasteiger partial charge on any atom is -0.497 e. The molecule has 0 aliphatic heterocycles. The smallest absolute Gasteiger partial charge is 0.119 e. The van der Waals surface area contributed by atoms with Gasteiger partial charge in [-0.2, -0.15) is 0 Å². The molecule has 0 spiro atoms. The van der Waals surface area contributed by atoms with E-state index < -0.39 is 0 Å². The lowest BCUT2D eigenvalue weighted by Crippen LogP contribution is -1.82. The quantitative estimate of drug-likeness (QED) is 0.682. The first-order valence-electron chi connectivity index (χ1n) is 4.67. The Kier molecular flexibility index (Phi) is 4.10. The molecule has 0 atom stereocenters. The van der Waals surface area contributed by atoms with Gasteiger partial charge in [0.2, 0.25) is 0 Å². The number of hydrogen-bond acceptors (Lipinski definition) is 1. The zero-order chi connectivity index (χ0) is 9.52. The summed E-state index contributed by atoms with van der Waals surface area (Å²) in [5.41, 5.74) is 1.20. The minimum atomic E-state index is 0.915. The average Bonchev–Trinajstić information content (AvgIpc) is 2.19. The van der Waals surface area contributed by atoms with Gasteiger partial charge in [-0.25, -0.2) is 0 Å². The van der Waals surface area contributed by atoms with Gasteiger partial charge in [-0.1, -0.05) is 37.6 Å². The molecule has 0 aliphatic rings. The minimum absolute atomic E-state index is 0.915. The predicted octanol–water partition coefficient (Wildman–Crippen LogP) is 3.51. The van der Waals surface area contributed by atoms with Crippen LogP contribution in [-0.2, 0) is 0 Å². The summed E-state index contributed by atoms with van der Waals surface area (Å²) in [7, 11) is 1.69. The van der Waals surface area contributed by atoms with E-state index in [2.05, 4.69) is 25.1 Å². The summed E-state index contributed by atoms with van der Waals surface area (Å²) in [6.45, 7) is 2.18. The van der Waals surface area contributed by atoms with Crippen molar-refractivity contribution in [2.45, 2.75) is 19.8 Å². The van der Waals surface area contributed by atoms with E-state index in [0.29, 0.717) is 0 Å². The highest BCUT2D eigenvalue weighted by Gasteiger charge is 1.90. The van der Waals surface area contributed by atoms with Crippen molar-refractivity contribution < 1.29 is 4.74 Å². The molecule has 0 unspecified atom stereocenters. The Morgan fingerprint density at radius 1 is 1.38 bits per heavy atom. The van der Waals surface area contributed by atoms with E-state index in [-0.39, 0.29) is 0 Å². The summed E-state index contributed by atoms with van der Waals surface area (Å²) in [4.78, 5) is 0. The lowest BCUT2D eigenvalue weighted by Gasteiger charge is -1.99. The Morgan fingerprint density at radius 3 is 2.92 bits per heavy atom. The second-order valence-electron chi connectivity index (χ2n) is 2.97. The van der Waals surface area contributed by atoms with Gasteiger partial charge >= 0.3 is 0 Å². The van der Waals surface area contributed by atoms with Gasteiger partial charge in [0.15, 0.2) is 0 Å². The molecule has 1 rings (SSSR count). The van der Waals surface area contributed by atoms with Crippen molar-refractivity contribution in [3.05, 3.63) is 35.9 Å². The van der Waals surface area contributed by atoms with Crippen LogP contribution in [0.25, 0.3) is 6.08 Å². The van der Waals surface area contributed by atoms with Crippen LogP contribution in [0.1, 0.15) is 25.3 Å². The van der Waals surface area contributed by atoms with Crippen LogP contribution in [0, 0.1) is 0 Å². The molecule has 0 fully saturated rings. The van der Waals surface area contributed by atoms with E-state index in [1.165, 1.54) is 12.0 Å². The van der Waals surface area contributed by atoms with Gasteiger partial charge in [-0.05, 0) is 24.1 Å². The molecule has 0 radical (unpaired) electrons. The fourth-order valence-corrected chi connectivity index (χ4v) is 1.13. The second kappa shape index (κ2) is 5.41. The van der Waals surface area contributed by atoms with Crippen molar-refractivity contribution in [2.24, 2.45) is 0 Å². The topological polar surface area (TPSA) is 9.23 Å². The van der Waals surface area contributed by atoms with Crippen molar-refractivity contribution >= 4 is 6.08 Å². The third-order valence-corrected chi connectivity index (χ3v) is 1.86. The van der Waals surface area contributed by atoms with Gasteiger partial charge in [-0.3, -0.25) is 0 Å². The molecule has 1 aromatic rings. The third-order valence-electron chi connectivity index (χ3n) is 1.86. The number of allylic oxidation sites excluding steroid dienone is 1.